The Morgan fingerprint density at radius 2 is 1.92 bits per heavy atom. The Morgan fingerprint density at radius 1 is 1.11 bits per heavy atom. The molecule has 3 atom stereocenters. The van der Waals surface area contributed by atoms with E-state index in [2.05, 4.69) is 30.4 Å². The summed E-state index contributed by atoms with van der Waals surface area (Å²) in [6, 6.07) is 6.75. The van der Waals surface area contributed by atoms with Crippen LogP contribution in [0.1, 0.15) is 56.2 Å². The normalized spacial score (nSPS) is 24.2. The monoisotopic (exact) mass is 521 g/mol. The molecule has 3 aromatic rings. The first-order valence-electron chi connectivity index (χ1n) is 13.5. The fourth-order valence-electron chi connectivity index (χ4n) is 6.29. The number of piperidine rings is 3. The van der Waals surface area contributed by atoms with E-state index in [-0.39, 0.29) is 12.6 Å². The third kappa shape index (κ3) is 5.42. The maximum absolute atomic E-state index is 13.4. The number of hydrogen-bond donors (Lipinski definition) is 3. The molecule has 1 amide bonds. The molecule has 3 saturated heterocycles. The van der Waals surface area contributed by atoms with Crippen LogP contribution in [-0.4, -0.2) is 73.5 Å². The molecule has 6 rings (SSSR count). The number of aliphatic hydroxyl groups is 1. The van der Waals surface area contributed by atoms with Gasteiger partial charge in [-0.25, -0.2) is 9.97 Å². The molecule has 3 N–H and O–H groups in total. The fourth-order valence-corrected chi connectivity index (χ4v) is 6.97. The minimum Gasteiger partial charge on any atom is -0.391 e. The molecule has 0 unspecified atom stereocenters. The lowest BCUT2D eigenvalue weighted by Crippen LogP contribution is -2.59. The number of rotatable bonds is 7. The highest BCUT2D eigenvalue weighted by molar-refractivity contribution is 7.15. The maximum Gasteiger partial charge on any atom is 0.237 e. The summed E-state index contributed by atoms with van der Waals surface area (Å²) in [7, 11) is 0. The van der Waals surface area contributed by atoms with Crippen molar-refractivity contribution in [3.63, 3.8) is 0 Å². The van der Waals surface area contributed by atoms with Crippen molar-refractivity contribution in [1.29, 1.82) is 0 Å². The van der Waals surface area contributed by atoms with Crippen molar-refractivity contribution in [2.24, 2.45) is 0 Å². The molecule has 0 radical (unpaired) electrons. The highest BCUT2D eigenvalue weighted by Crippen LogP contribution is 2.36. The first kappa shape index (κ1) is 24.5. The standard InChI is InChI=1S/C27H35N7O2S/c35-17-21-15-29-27(37-21)32-24-14-23-22(8-5-9-28-23)26(31-24)30-18-12-19-6-4-7-20(13-18)34(19)25(36)16-33-10-2-1-3-11-33/h5,8-9,14-15,18-20,35H,1-4,6-7,10-13,16-17H2,(H2,29,30,31,32)/t18-,19-,20+. The molecule has 0 spiro atoms. The molecule has 0 aromatic carbocycles. The van der Waals surface area contributed by atoms with Crippen LogP contribution in [0.4, 0.5) is 16.8 Å². The van der Waals surface area contributed by atoms with Gasteiger partial charge >= 0.3 is 0 Å². The van der Waals surface area contributed by atoms with Crippen molar-refractivity contribution in [3.8, 4) is 0 Å². The number of fused-ring (bicyclic) bond motifs is 3. The number of thiazole rings is 1. The Balaban J connectivity index is 1.19. The molecule has 2 bridgehead atoms. The highest BCUT2D eigenvalue weighted by Gasteiger charge is 2.41. The van der Waals surface area contributed by atoms with Crippen LogP contribution < -0.4 is 10.6 Å². The van der Waals surface area contributed by atoms with E-state index in [1.54, 1.807) is 12.4 Å². The van der Waals surface area contributed by atoms with Crippen molar-refractivity contribution in [3.05, 3.63) is 35.5 Å². The number of likely N-dealkylation sites (tertiary alicyclic amines) is 1. The molecule has 9 nitrogen and oxygen atoms in total. The summed E-state index contributed by atoms with van der Waals surface area (Å²) in [5.41, 5.74) is 0.857. The van der Waals surface area contributed by atoms with Crippen LogP contribution in [-0.2, 0) is 11.4 Å². The van der Waals surface area contributed by atoms with Crippen LogP contribution in [0, 0.1) is 0 Å². The molecule has 196 valence electrons. The average Bonchev–Trinajstić information content (AvgIpc) is 3.36. The van der Waals surface area contributed by atoms with E-state index in [4.69, 9.17) is 4.98 Å². The van der Waals surface area contributed by atoms with Crippen molar-refractivity contribution < 1.29 is 9.90 Å². The van der Waals surface area contributed by atoms with E-state index in [9.17, 15) is 9.90 Å². The maximum atomic E-state index is 13.4. The lowest BCUT2D eigenvalue weighted by molar-refractivity contribution is -0.142. The molecular formula is C27H35N7O2S. The number of nitrogens with one attached hydrogen (secondary N) is 2. The number of pyridine rings is 2. The van der Waals surface area contributed by atoms with Crippen molar-refractivity contribution in [2.75, 3.05) is 30.3 Å². The Labute approximate surface area is 221 Å². The van der Waals surface area contributed by atoms with E-state index in [0.29, 0.717) is 35.5 Å². The molecule has 6 heterocycles. The Kier molecular flexibility index (Phi) is 7.21. The SMILES string of the molecule is O=C(CN1CCCCC1)N1[C@@H]2CCC[C@H]1C[C@H](Nc1nc(Nc3ncc(CO)s3)cc3ncccc13)C2. The van der Waals surface area contributed by atoms with Gasteiger partial charge in [0.25, 0.3) is 0 Å². The molecule has 3 fully saturated rings. The summed E-state index contributed by atoms with van der Waals surface area (Å²) in [6.45, 7) is 2.66. The Bertz CT molecular complexity index is 1230. The van der Waals surface area contributed by atoms with Gasteiger partial charge in [-0.1, -0.05) is 17.8 Å². The van der Waals surface area contributed by atoms with Crippen molar-refractivity contribution in [1.82, 2.24) is 24.8 Å². The molecule has 3 aliphatic rings. The predicted octanol–water partition coefficient (Wildman–Crippen LogP) is 4.13. The molecule has 3 aliphatic heterocycles. The van der Waals surface area contributed by atoms with Gasteiger partial charge in [0.1, 0.15) is 11.6 Å². The van der Waals surface area contributed by atoms with Gasteiger partial charge in [-0.3, -0.25) is 14.7 Å². The molecule has 37 heavy (non-hydrogen) atoms. The zero-order valence-corrected chi connectivity index (χ0v) is 21.9. The summed E-state index contributed by atoms with van der Waals surface area (Å²) in [4.78, 5) is 32.6. The highest BCUT2D eigenvalue weighted by atomic mass is 32.1. The topological polar surface area (TPSA) is 107 Å². The smallest absolute Gasteiger partial charge is 0.237 e. The largest absolute Gasteiger partial charge is 0.391 e. The zero-order valence-electron chi connectivity index (χ0n) is 21.1. The van der Waals surface area contributed by atoms with Gasteiger partial charge in [0.2, 0.25) is 5.91 Å². The summed E-state index contributed by atoms with van der Waals surface area (Å²) in [5, 5.41) is 18.1. The Hall–Kier alpha value is -2.82. The molecular weight excluding hydrogens is 486 g/mol. The van der Waals surface area contributed by atoms with Gasteiger partial charge in [-0.05, 0) is 70.2 Å². The number of aromatic nitrogens is 3. The summed E-state index contributed by atoms with van der Waals surface area (Å²) in [6.07, 6.45) is 12.4. The number of carbonyl (C=O) groups is 1. The van der Waals surface area contributed by atoms with E-state index in [1.165, 1.54) is 37.0 Å². The number of aliphatic hydroxyl groups excluding tert-OH is 1. The first-order valence-corrected chi connectivity index (χ1v) is 14.4. The first-order chi connectivity index (χ1) is 18.2. The van der Waals surface area contributed by atoms with E-state index < -0.39 is 0 Å². The molecule has 0 saturated carbocycles. The second-order valence-corrected chi connectivity index (χ2v) is 11.6. The summed E-state index contributed by atoms with van der Waals surface area (Å²) < 4.78 is 0. The third-order valence-electron chi connectivity index (χ3n) is 7.95. The second kappa shape index (κ2) is 10.9. The van der Waals surface area contributed by atoms with Gasteiger partial charge in [0, 0.05) is 42.0 Å². The number of hydrogen-bond acceptors (Lipinski definition) is 9. The fraction of sp³-hybridized carbons (Fsp3) is 0.556. The van der Waals surface area contributed by atoms with Crippen molar-refractivity contribution in [2.45, 2.75) is 76.1 Å². The van der Waals surface area contributed by atoms with Gasteiger partial charge < -0.3 is 20.6 Å². The minimum atomic E-state index is -0.0274. The zero-order chi connectivity index (χ0) is 25.2. The lowest BCUT2D eigenvalue weighted by Gasteiger charge is -2.49. The number of carbonyl (C=O) groups excluding carboxylic acids is 1. The number of anilines is 3. The van der Waals surface area contributed by atoms with Crippen LogP contribution in [0.2, 0.25) is 0 Å². The minimum absolute atomic E-state index is 0.0274. The van der Waals surface area contributed by atoms with Gasteiger partial charge in [-0.15, -0.1) is 0 Å². The lowest BCUT2D eigenvalue weighted by atomic mass is 9.81. The number of amides is 1. The summed E-state index contributed by atoms with van der Waals surface area (Å²) in [5.74, 6) is 1.80. The van der Waals surface area contributed by atoms with Gasteiger partial charge in [0.05, 0.1) is 23.5 Å². The number of nitrogens with zero attached hydrogens (tertiary/aromatic N) is 5. The van der Waals surface area contributed by atoms with E-state index in [1.807, 2.05) is 18.2 Å². The van der Waals surface area contributed by atoms with Crippen LogP contribution in [0.25, 0.3) is 10.9 Å². The van der Waals surface area contributed by atoms with Crippen LogP contribution in [0.3, 0.4) is 0 Å². The third-order valence-corrected chi connectivity index (χ3v) is 8.85. The summed E-state index contributed by atoms with van der Waals surface area (Å²) >= 11 is 1.41. The van der Waals surface area contributed by atoms with E-state index >= 15 is 0 Å². The Morgan fingerprint density at radius 3 is 2.68 bits per heavy atom. The average molecular weight is 522 g/mol. The van der Waals surface area contributed by atoms with Gasteiger partial charge in [0.15, 0.2) is 5.13 Å². The second-order valence-electron chi connectivity index (χ2n) is 10.5. The predicted molar refractivity (Wildman–Crippen MR) is 146 cm³/mol. The quantitative estimate of drug-likeness (QED) is 0.426. The van der Waals surface area contributed by atoms with Crippen molar-refractivity contribution >= 4 is 44.9 Å². The molecule has 10 heteroatoms. The van der Waals surface area contributed by atoms with Crippen LogP contribution >= 0.6 is 11.3 Å². The van der Waals surface area contributed by atoms with Crippen LogP contribution in [0.5, 0.6) is 0 Å². The molecule has 3 aromatic heterocycles. The van der Waals surface area contributed by atoms with Crippen LogP contribution in [0.15, 0.2) is 30.6 Å². The molecule has 0 aliphatic carbocycles. The van der Waals surface area contributed by atoms with E-state index in [0.717, 1.165) is 60.4 Å². The van der Waals surface area contributed by atoms with Gasteiger partial charge in [-0.2, -0.15) is 0 Å².